The second-order valence-corrected chi connectivity index (χ2v) is 6.02. The first kappa shape index (κ1) is 16.2. The molecule has 0 aliphatic carbocycles. The maximum atomic E-state index is 13.6. The van der Waals surface area contributed by atoms with E-state index in [0.29, 0.717) is 27.9 Å². The Balaban J connectivity index is 1.98. The van der Waals surface area contributed by atoms with E-state index in [9.17, 15) is 9.18 Å². The zero-order valence-electron chi connectivity index (χ0n) is 13.4. The summed E-state index contributed by atoms with van der Waals surface area (Å²) in [6, 6.07) is 14.3. The first-order valence-corrected chi connectivity index (χ1v) is 8.15. The summed E-state index contributed by atoms with van der Waals surface area (Å²) in [5.41, 5.74) is 1.24. The largest absolute Gasteiger partial charge is 0.324 e. The minimum atomic E-state index is -0.493. The Kier molecular flexibility index (Phi) is 4.10. The van der Waals surface area contributed by atoms with Gasteiger partial charge in [0.2, 0.25) is 5.95 Å². The quantitative estimate of drug-likeness (QED) is 0.586. The Morgan fingerprint density at radius 2 is 1.88 bits per heavy atom. The van der Waals surface area contributed by atoms with E-state index < -0.39 is 5.82 Å². The third-order valence-corrected chi connectivity index (χ3v) is 4.08. The first-order valence-electron chi connectivity index (χ1n) is 7.77. The average molecular weight is 367 g/mol. The Morgan fingerprint density at radius 1 is 1.08 bits per heavy atom. The minimum absolute atomic E-state index is 0.191. The average Bonchev–Trinajstić information content (AvgIpc) is 2.65. The number of pyridine rings is 1. The maximum absolute atomic E-state index is 13.6. The second-order valence-electron chi connectivity index (χ2n) is 5.58. The van der Waals surface area contributed by atoms with Crippen LogP contribution in [0.4, 0.5) is 16.0 Å². The van der Waals surface area contributed by atoms with E-state index in [0.717, 1.165) is 0 Å². The number of aromatic nitrogens is 3. The number of rotatable bonds is 3. The van der Waals surface area contributed by atoms with Crippen LogP contribution in [-0.4, -0.2) is 14.5 Å². The van der Waals surface area contributed by atoms with Crippen molar-refractivity contribution < 1.29 is 4.39 Å². The number of halogens is 2. The molecule has 0 fully saturated rings. The molecule has 0 atom stereocenters. The van der Waals surface area contributed by atoms with E-state index in [2.05, 4.69) is 15.3 Å². The van der Waals surface area contributed by atoms with E-state index in [4.69, 9.17) is 11.6 Å². The molecule has 0 bridgehead atoms. The molecule has 2 aromatic carbocycles. The van der Waals surface area contributed by atoms with Gasteiger partial charge in [-0.1, -0.05) is 11.6 Å². The van der Waals surface area contributed by atoms with Gasteiger partial charge in [-0.2, -0.15) is 0 Å². The lowest BCUT2D eigenvalue weighted by molar-refractivity contribution is 0.629. The van der Waals surface area contributed by atoms with Crippen LogP contribution in [0.25, 0.3) is 16.6 Å². The highest BCUT2D eigenvalue weighted by Crippen LogP contribution is 2.21. The van der Waals surface area contributed by atoms with E-state index >= 15 is 0 Å². The van der Waals surface area contributed by atoms with Crippen LogP contribution < -0.4 is 10.9 Å². The molecule has 2 aromatic heterocycles. The molecule has 1 N–H and O–H groups in total. The summed E-state index contributed by atoms with van der Waals surface area (Å²) in [4.78, 5) is 21.6. The molecule has 4 rings (SSSR count). The van der Waals surface area contributed by atoms with Crippen molar-refractivity contribution in [2.75, 3.05) is 5.32 Å². The number of hydrogen-bond donors (Lipinski definition) is 1. The van der Waals surface area contributed by atoms with Crippen LogP contribution in [0, 0.1) is 5.82 Å². The zero-order valence-corrected chi connectivity index (χ0v) is 14.1. The molecule has 5 nitrogen and oxygen atoms in total. The fraction of sp³-hybridized carbons (Fsp3) is 0. The van der Waals surface area contributed by atoms with Crippen molar-refractivity contribution in [3.05, 3.63) is 88.2 Å². The molecule has 0 saturated carbocycles. The van der Waals surface area contributed by atoms with Crippen molar-refractivity contribution in [2.45, 2.75) is 0 Å². The molecule has 0 radical (unpaired) electrons. The molecule has 0 aliphatic heterocycles. The smallest absolute Gasteiger partial charge is 0.267 e. The molecule has 0 aliphatic rings. The Labute approximate surface area is 152 Å². The lowest BCUT2D eigenvalue weighted by atomic mass is 10.2. The topological polar surface area (TPSA) is 59.8 Å². The summed E-state index contributed by atoms with van der Waals surface area (Å²) in [6.45, 7) is 0. The Morgan fingerprint density at radius 3 is 2.62 bits per heavy atom. The third-order valence-electron chi connectivity index (χ3n) is 3.83. The van der Waals surface area contributed by atoms with Gasteiger partial charge in [0.15, 0.2) is 0 Å². The van der Waals surface area contributed by atoms with Crippen LogP contribution in [0.1, 0.15) is 0 Å². The number of hydrogen-bond acceptors (Lipinski definition) is 4. The van der Waals surface area contributed by atoms with Crippen molar-refractivity contribution in [1.29, 1.82) is 0 Å². The molecule has 7 heteroatoms. The summed E-state index contributed by atoms with van der Waals surface area (Å²) in [6.07, 6.45) is 3.27. The molecule has 2 heterocycles. The molecule has 0 saturated heterocycles. The van der Waals surface area contributed by atoms with Crippen molar-refractivity contribution >= 4 is 34.1 Å². The monoisotopic (exact) mass is 366 g/mol. The summed E-state index contributed by atoms with van der Waals surface area (Å²) in [5.74, 6) is -0.198. The van der Waals surface area contributed by atoms with Crippen molar-refractivity contribution in [2.24, 2.45) is 0 Å². The lowest BCUT2D eigenvalue weighted by Crippen LogP contribution is -2.23. The fourth-order valence-electron chi connectivity index (χ4n) is 2.64. The van der Waals surface area contributed by atoms with Crippen LogP contribution >= 0.6 is 11.6 Å². The number of benzene rings is 2. The van der Waals surface area contributed by atoms with Gasteiger partial charge >= 0.3 is 0 Å². The summed E-state index contributed by atoms with van der Waals surface area (Å²) in [5, 5.41) is 3.83. The maximum Gasteiger partial charge on any atom is 0.267 e. The Bertz CT molecular complexity index is 1140. The predicted octanol–water partition coefficient (Wildman–Crippen LogP) is 4.32. The van der Waals surface area contributed by atoms with E-state index in [1.807, 2.05) is 0 Å². The zero-order chi connectivity index (χ0) is 18.1. The molecule has 4 aromatic rings. The van der Waals surface area contributed by atoms with Crippen LogP contribution in [0.3, 0.4) is 0 Å². The molecular formula is C19H12ClFN4O. The highest BCUT2D eigenvalue weighted by molar-refractivity contribution is 6.30. The highest BCUT2D eigenvalue weighted by Gasteiger charge is 2.14. The van der Waals surface area contributed by atoms with Gasteiger partial charge in [0.05, 0.1) is 28.5 Å². The number of nitrogens with zero attached hydrogens (tertiary/aromatic N) is 3. The molecule has 26 heavy (non-hydrogen) atoms. The molecule has 0 amide bonds. The molecule has 0 spiro atoms. The van der Waals surface area contributed by atoms with Crippen molar-refractivity contribution in [3.63, 3.8) is 0 Å². The van der Waals surface area contributed by atoms with E-state index in [1.54, 1.807) is 48.8 Å². The van der Waals surface area contributed by atoms with E-state index in [1.165, 1.54) is 22.8 Å². The van der Waals surface area contributed by atoms with E-state index in [-0.39, 0.29) is 10.9 Å². The van der Waals surface area contributed by atoms with Crippen LogP contribution in [-0.2, 0) is 0 Å². The standard InChI is InChI=1S/C19H12ClFN4O/c20-12-3-6-15(7-4-12)25-18(26)16-10-13(21)5-8-17(16)24-19(25)23-14-2-1-9-22-11-14/h1-11H,(H,23,24). The molecule has 128 valence electrons. The van der Waals surface area contributed by atoms with Crippen molar-refractivity contribution in [1.82, 2.24) is 14.5 Å². The predicted molar refractivity (Wildman–Crippen MR) is 99.8 cm³/mol. The van der Waals surface area contributed by atoms with Gasteiger partial charge in [-0.05, 0) is 54.6 Å². The number of anilines is 2. The Hall–Kier alpha value is -3.25. The summed E-state index contributed by atoms with van der Waals surface area (Å²) in [7, 11) is 0. The fourth-order valence-corrected chi connectivity index (χ4v) is 2.76. The van der Waals surface area contributed by atoms with Gasteiger partial charge in [-0.15, -0.1) is 0 Å². The lowest BCUT2D eigenvalue weighted by Gasteiger charge is -2.15. The second kappa shape index (κ2) is 6.57. The van der Waals surface area contributed by atoms with Gasteiger partial charge in [-0.3, -0.25) is 9.78 Å². The normalized spacial score (nSPS) is 10.8. The number of fused-ring (bicyclic) bond motifs is 1. The highest BCUT2D eigenvalue weighted by atomic mass is 35.5. The van der Waals surface area contributed by atoms with Crippen LogP contribution in [0.15, 0.2) is 71.8 Å². The van der Waals surface area contributed by atoms with Gasteiger partial charge in [0, 0.05) is 11.2 Å². The number of nitrogens with one attached hydrogen (secondary N) is 1. The SMILES string of the molecule is O=c1c2cc(F)ccc2nc(Nc2cccnc2)n1-c1ccc(Cl)cc1. The summed E-state index contributed by atoms with van der Waals surface area (Å²) < 4.78 is 15.0. The first-order chi connectivity index (χ1) is 12.6. The molecule has 0 unspecified atom stereocenters. The van der Waals surface area contributed by atoms with Crippen molar-refractivity contribution in [3.8, 4) is 5.69 Å². The minimum Gasteiger partial charge on any atom is -0.324 e. The molecular weight excluding hydrogens is 355 g/mol. The van der Waals surface area contributed by atoms with Crippen LogP contribution in [0.5, 0.6) is 0 Å². The van der Waals surface area contributed by atoms with Gasteiger partial charge in [-0.25, -0.2) is 13.9 Å². The third kappa shape index (κ3) is 3.02. The van der Waals surface area contributed by atoms with Gasteiger partial charge < -0.3 is 5.32 Å². The van der Waals surface area contributed by atoms with Gasteiger partial charge in [0.25, 0.3) is 5.56 Å². The van der Waals surface area contributed by atoms with Gasteiger partial charge in [0.1, 0.15) is 5.82 Å². The summed E-state index contributed by atoms with van der Waals surface area (Å²) >= 11 is 5.95. The van der Waals surface area contributed by atoms with Crippen LogP contribution in [0.2, 0.25) is 5.02 Å².